The van der Waals surface area contributed by atoms with Crippen molar-refractivity contribution in [3.05, 3.63) is 29.8 Å². The molecule has 0 spiro atoms. The Bertz CT molecular complexity index is 326. The van der Waals surface area contributed by atoms with Crippen molar-refractivity contribution in [2.45, 2.75) is 44.6 Å². The molecular formula is C16H27NOS. The molecule has 19 heavy (non-hydrogen) atoms. The number of benzene rings is 1. The standard InChI is InChI=1S/C16H27NOS/c1-4-10-17-15(12-18-11-5-2)13-19-16-8-6-14(3)7-9-16/h6-9,15,17H,4-5,10-13H2,1-3H3. The zero-order chi connectivity index (χ0) is 13.9. The third-order valence-corrected chi connectivity index (χ3v) is 4.00. The molecule has 0 saturated heterocycles. The second kappa shape index (κ2) is 10.3. The second-order valence-electron chi connectivity index (χ2n) is 4.85. The van der Waals surface area contributed by atoms with Gasteiger partial charge in [0.25, 0.3) is 0 Å². The van der Waals surface area contributed by atoms with Gasteiger partial charge in [0, 0.05) is 23.3 Å². The molecule has 0 radical (unpaired) electrons. The Morgan fingerprint density at radius 1 is 1.16 bits per heavy atom. The summed E-state index contributed by atoms with van der Waals surface area (Å²) in [5, 5.41) is 3.56. The molecule has 1 aromatic rings. The topological polar surface area (TPSA) is 21.3 Å². The smallest absolute Gasteiger partial charge is 0.0627 e. The van der Waals surface area contributed by atoms with Crippen LogP contribution in [0.15, 0.2) is 29.2 Å². The molecule has 0 saturated carbocycles. The van der Waals surface area contributed by atoms with Gasteiger partial charge in [0.2, 0.25) is 0 Å². The van der Waals surface area contributed by atoms with E-state index in [0.29, 0.717) is 6.04 Å². The Morgan fingerprint density at radius 2 is 1.89 bits per heavy atom. The lowest BCUT2D eigenvalue weighted by Crippen LogP contribution is -2.36. The lowest BCUT2D eigenvalue weighted by molar-refractivity contribution is 0.117. The summed E-state index contributed by atoms with van der Waals surface area (Å²) >= 11 is 1.90. The number of ether oxygens (including phenoxy) is 1. The summed E-state index contributed by atoms with van der Waals surface area (Å²) in [6, 6.07) is 9.18. The molecule has 0 aliphatic rings. The Kier molecular flexibility index (Phi) is 8.97. The van der Waals surface area contributed by atoms with Crippen molar-refractivity contribution in [3.63, 3.8) is 0 Å². The summed E-state index contributed by atoms with van der Waals surface area (Å²) in [5.74, 6) is 1.06. The van der Waals surface area contributed by atoms with E-state index in [0.717, 1.165) is 31.9 Å². The van der Waals surface area contributed by atoms with Crippen molar-refractivity contribution < 1.29 is 4.74 Å². The molecule has 0 amide bonds. The van der Waals surface area contributed by atoms with E-state index in [1.54, 1.807) is 0 Å². The molecule has 108 valence electrons. The maximum atomic E-state index is 5.67. The fourth-order valence-corrected chi connectivity index (χ4v) is 2.65. The van der Waals surface area contributed by atoms with Crippen molar-refractivity contribution in [3.8, 4) is 0 Å². The predicted octanol–water partition coefficient (Wildman–Crippen LogP) is 3.88. The van der Waals surface area contributed by atoms with Gasteiger partial charge in [0.15, 0.2) is 0 Å². The monoisotopic (exact) mass is 281 g/mol. The van der Waals surface area contributed by atoms with E-state index >= 15 is 0 Å². The molecule has 0 aliphatic carbocycles. The first-order chi connectivity index (χ1) is 9.26. The van der Waals surface area contributed by atoms with Gasteiger partial charge in [-0.2, -0.15) is 0 Å². The molecule has 1 rings (SSSR count). The van der Waals surface area contributed by atoms with Gasteiger partial charge in [0.1, 0.15) is 0 Å². The summed E-state index contributed by atoms with van der Waals surface area (Å²) in [6.07, 6.45) is 2.26. The highest BCUT2D eigenvalue weighted by atomic mass is 32.2. The van der Waals surface area contributed by atoms with Gasteiger partial charge < -0.3 is 10.1 Å². The molecule has 3 heteroatoms. The molecule has 1 unspecified atom stereocenters. The van der Waals surface area contributed by atoms with E-state index in [1.807, 2.05) is 11.8 Å². The fourth-order valence-electron chi connectivity index (χ4n) is 1.72. The molecule has 1 N–H and O–H groups in total. The van der Waals surface area contributed by atoms with Gasteiger partial charge in [0.05, 0.1) is 6.61 Å². The number of hydrogen-bond donors (Lipinski definition) is 1. The zero-order valence-corrected chi connectivity index (χ0v) is 13.3. The lowest BCUT2D eigenvalue weighted by atomic mass is 10.2. The molecule has 0 aliphatic heterocycles. The molecule has 2 nitrogen and oxygen atoms in total. The minimum absolute atomic E-state index is 0.442. The summed E-state index contributed by atoms with van der Waals surface area (Å²) in [6.45, 7) is 9.21. The van der Waals surface area contributed by atoms with Gasteiger partial charge in [-0.05, 0) is 38.4 Å². The molecule has 0 bridgehead atoms. The van der Waals surface area contributed by atoms with Crippen LogP contribution in [0.1, 0.15) is 32.3 Å². The summed E-state index contributed by atoms with van der Waals surface area (Å²) in [4.78, 5) is 1.34. The Morgan fingerprint density at radius 3 is 2.53 bits per heavy atom. The van der Waals surface area contributed by atoms with Gasteiger partial charge in [-0.25, -0.2) is 0 Å². The lowest BCUT2D eigenvalue weighted by Gasteiger charge is -2.18. The Labute approximate surface area is 122 Å². The Hall–Kier alpha value is -0.510. The first kappa shape index (κ1) is 16.5. The maximum absolute atomic E-state index is 5.67. The van der Waals surface area contributed by atoms with Crippen molar-refractivity contribution in [2.24, 2.45) is 0 Å². The minimum atomic E-state index is 0.442. The fraction of sp³-hybridized carbons (Fsp3) is 0.625. The predicted molar refractivity (Wildman–Crippen MR) is 85.1 cm³/mol. The van der Waals surface area contributed by atoms with Gasteiger partial charge in [-0.1, -0.05) is 31.5 Å². The summed E-state index contributed by atoms with van der Waals surface area (Å²) in [5.41, 5.74) is 1.32. The Balaban J connectivity index is 2.35. The highest BCUT2D eigenvalue weighted by Crippen LogP contribution is 2.19. The van der Waals surface area contributed by atoms with Crippen LogP contribution in [-0.2, 0) is 4.74 Å². The van der Waals surface area contributed by atoms with Crippen molar-refractivity contribution in [1.82, 2.24) is 5.32 Å². The second-order valence-corrected chi connectivity index (χ2v) is 5.94. The van der Waals surface area contributed by atoms with Crippen LogP contribution in [0, 0.1) is 6.92 Å². The van der Waals surface area contributed by atoms with Crippen LogP contribution >= 0.6 is 11.8 Å². The normalized spacial score (nSPS) is 12.6. The molecule has 1 aromatic carbocycles. The number of thioether (sulfide) groups is 1. The van der Waals surface area contributed by atoms with E-state index in [1.165, 1.54) is 16.9 Å². The molecule has 0 aromatic heterocycles. The SMILES string of the molecule is CCCNC(COCCC)CSc1ccc(C)cc1. The van der Waals surface area contributed by atoms with Crippen LogP contribution in [0.5, 0.6) is 0 Å². The van der Waals surface area contributed by atoms with E-state index < -0.39 is 0 Å². The number of hydrogen-bond acceptors (Lipinski definition) is 3. The molecule has 1 atom stereocenters. The van der Waals surface area contributed by atoms with E-state index in [-0.39, 0.29) is 0 Å². The number of nitrogens with one attached hydrogen (secondary N) is 1. The van der Waals surface area contributed by atoms with Crippen LogP contribution in [-0.4, -0.2) is 31.6 Å². The number of aryl methyl sites for hydroxylation is 1. The molecular weight excluding hydrogens is 254 g/mol. The summed E-state index contributed by atoms with van der Waals surface area (Å²) < 4.78 is 5.67. The highest BCUT2D eigenvalue weighted by molar-refractivity contribution is 7.99. The van der Waals surface area contributed by atoms with E-state index in [9.17, 15) is 0 Å². The average Bonchev–Trinajstić information content (AvgIpc) is 2.43. The third kappa shape index (κ3) is 7.61. The van der Waals surface area contributed by atoms with Crippen LogP contribution in [0.25, 0.3) is 0 Å². The highest BCUT2D eigenvalue weighted by Gasteiger charge is 2.08. The van der Waals surface area contributed by atoms with Crippen LogP contribution < -0.4 is 5.32 Å². The zero-order valence-electron chi connectivity index (χ0n) is 12.4. The van der Waals surface area contributed by atoms with Crippen molar-refractivity contribution >= 4 is 11.8 Å². The largest absolute Gasteiger partial charge is 0.380 e. The van der Waals surface area contributed by atoms with Crippen molar-refractivity contribution in [1.29, 1.82) is 0 Å². The van der Waals surface area contributed by atoms with Crippen molar-refractivity contribution in [2.75, 3.05) is 25.5 Å². The van der Waals surface area contributed by atoms with E-state index in [2.05, 4.69) is 50.4 Å². The van der Waals surface area contributed by atoms with Gasteiger partial charge in [-0.15, -0.1) is 11.8 Å². The molecule has 0 heterocycles. The van der Waals surface area contributed by atoms with Gasteiger partial charge in [-0.3, -0.25) is 0 Å². The van der Waals surface area contributed by atoms with E-state index in [4.69, 9.17) is 4.74 Å². The summed E-state index contributed by atoms with van der Waals surface area (Å²) in [7, 11) is 0. The van der Waals surface area contributed by atoms with Crippen LogP contribution in [0.4, 0.5) is 0 Å². The van der Waals surface area contributed by atoms with Crippen LogP contribution in [0.2, 0.25) is 0 Å². The molecule has 0 fully saturated rings. The quantitative estimate of drug-likeness (QED) is 0.519. The van der Waals surface area contributed by atoms with Crippen LogP contribution in [0.3, 0.4) is 0 Å². The van der Waals surface area contributed by atoms with Gasteiger partial charge >= 0.3 is 0 Å². The maximum Gasteiger partial charge on any atom is 0.0627 e. The third-order valence-electron chi connectivity index (χ3n) is 2.82. The first-order valence-corrected chi connectivity index (χ1v) is 8.25. The number of rotatable bonds is 10. The first-order valence-electron chi connectivity index (χ1n) is 7.26. The minimum Gasteiger partial charge on any atom is -0.380 e. The average molecular weight is 281 g/mol.